The van der Waals surface area contributed by atoms with Gasteiger partial charge in [-0.25, -0.2) is 9.97 Å². The maximum absolute atomic E-state index is 11.9. The third-order valence-corrected chi connectivity index (χ3v) is 3.42. The van der Waals surface area contributed by atoms with Gasteiger partial charge in [0.25, 0.3) is 0 Å². The maximum atomic E-state index is 11.9. The van der Waals surface area contributed by atoms with Crippen LogP contribution < -0.4 is 0 Å². The molecule has 0 fully saturated rings. The first-order chi connectivity index (χ1) is 8.77. The highest BCUT2D eigenvalue weighted by Gasteiger charge is 2.19. The highest BCUT2D eigenvalue weighted by atomic mass is 32.2. The van der Waals surface area contributed by atoms with Gasteiger partial charge >= 0.3 is 0 Å². The van der Waals surface area contributed by atoms with Gasteiger partial charge in [0.1, 0.15) is 17.5 Å². The van der Waals surface area contributed by atoms with Crippen molar-refractivity contribution in [1.82, 2.24) is 18.9 Å². The van der Waals surface area contributed by atoms with E-state index in [0.717, 1.165) is 5.52 Å². The second-order valence-corrected chi connectivity index (χ2v) is 4.93. The summed E-state index contributed by atoms with van der Waals surface area (Å²) in [6.07, 6.45) is 4.96. The molecular weight excluding hydrogens is 248 g/mol. The van der Waals surface area contributed by atoms with E-state index in [1.54, 1.807) is 28.7 Å². The fourth-order valence-corrected chi connectivity index (χ4v) is 2.61. The molecule has 5 nitrogen and oxygen atoms in total. The molecule has 0 N–H and O–H groups in total. The highest BCUT2D eigenvalue weighted by molar-refractivity contribution is 7.89. The molecule has 0 aromatic carbocycles. The minimum atomic E-state index is -1.21. The third-order valence-electron chi connectivity index (χ3n) is 2.54. The topological polar surface area (TPSA) is 66.7 Å². The lowest BCUT2D eigenvalue weighted by Crippen LogP contribution is -2.11. The summed E-state index contributed by atoms with van der Waals surface area (Å²) in [6.45, 7) is 0. The van der Waals surface area contributed by atoms with E-state index in [9.17, 15) is 4.55 Å². The number of imidazole rings is 1. The predicted molar refractivity (Wildman–Crippen MR) is 70.2 cm³/mol. The second kappa shape index (κ2) is 4.40. The largest absolute Gasteiger partial charge is 0.593 e. The van der Waals surface area contributed by atoms with Gasteiger partial charge < -0.3 is 4.55 Å². The van der Waals surface area contributed by atoms with Crippen LogP contribution in [0.2, 0.25) is 0 Å². The van der Waals surface area contributed by atoms with Gasteiger partial charge in [-0.05, 0) is 24.3 Å². The Morgan fingerprint density at radius 2 is 1.94 bits per heavy atom. The second-order valence-electron chi connectivity index (χ2n) is 3.71. The molecule has 6 heteroatoms. The summed E-state index contributed by atoms with van der Waals surface area (Å²) in [7, 11) is 0. The molecule has 0 saturated heterocycles. The van der Waals surface area contributed by atoms with Crippen molar-refractivity contribution in [2.24, 2.45) is 0 Å². The van der Waals surface area contributed by atoms with Crippen molar-refractivity contribution in [2.75, 3.05) is 6.26 Å². The van der Waals surface area contributed by atoms with Crippen LogP contribution in [0.25, 0.3) is 22.7 Å². The Kier molecular flexibility index (Phi) is 2.73. The zero-order valence-electron chi connectivity index (χ0n) is 9.65. The highest BCUT2D eigenvalue weighted by Crippen LogP contribution is 2.23. The van der Waals surface area contributed by atoms with E-state index in [1.165, 1.54) is 0 Å². The Morgan fingerprint density at radius 3 is 2.67 bits per heavy atom. The number of nitrogens with zero attached hydrogens (tertiary/aromatic N) is 4. The van der Waals surface area contributed by atoms with Gasteiger partial charge in [-0.2, -0.15) is 0 Å². The number of rotatable bonds is 2. The van der Waals surface area contributed by atoms with Gasteiger partial charge in [-0.1, -0.05) is 6.07 Å². The molecule has 3 rings (SSSR count). The van der Waals surface area contributed by atoms with E-state index in [2.05, 4.69) is 15.0 Å². The van der Waals surface area contributed by atoms with Gasteiger partial charge in [0, 0.05) is 12.4 Å². The molecule has 0 saturated carbocycles. The number of aromatic nitrogens is 4. The standard InChI is InChI=1S/C12H10N4OS/c1-18(17)16-10-6-4-8-14-11(10)15-12(16)9-5-2-3-7-13-9/h2-8H,1H3. The summed E-state index contributed by atoms with van der Waals surface area (Å²) in [4.78, 5) is 12.8. The summed E-state index contributed by atoms with van der Waals surface area (Å²) in [5.41, 5.74) is 2.01. The van der Waals surface area contributed by atoms with Gasteiger partial charge in [0.05, 0.1) is 11.4 Å². The van der Waals surface area contributed by atoms with Crippen molar-refractivity contribution in [3.63, 3.8) is 0 Å². The molecule has 3 heterocycles. The smallest absolute Gasteiger partial charge is 0.207 e. The van der Waals surface area contributed by atoms with Crippen molar-refractivity contribution in [1.29, 1.82) is 0 Å². The average molecular weight is 258 g/mol. The molecule has 0 aliphatic heterocycles. The molecular formula is C12H10N4OS. The monoisotopic (exact) mass is 258 g/mol. The zero-order chi connectivity index (χ0) is 12.5. The Morgan fingerprint density at radius 1 is 1.11 bits per heavy atom. The number of hydrogen-bond donors (Lipinski definition) is 0. The Bertz CT molecular complexity index is 681. The Balaban J connectivity index is 2.32. The van der Waals surface area contributed by atoms with Crippen LogP contribution in [0.15, 0.2) is 42.7 Å². The fourth-order valence-electron chi connectivity index (χ4n) is 1.81. The zero-order valence-corrected chi connectivity index (χ0v) is 10.5. The van der Waals surface area contributed by atoms with Crippen molar-refractivity contribution < 1.29 is 4.55 Å². The first kappa shape index (κ1) is 11.2. The van der Waals surface area contributed by atoms with E-state index < -0.39 is 11.4 Å². The van der Waals surface area contributed by atoms with Crippen LogP contribution in [0.5, 0.6) is 0 Å². The lowest BCUT2D eigenvalue weighted by atomic mass is 10.3. The normalized spacial score (nSPS) is 12.8. The van der Waals surface area contributed by atoms with Crippen LogP contribution in [0.4, 0.5) is 0 Å². The SMILES string of the molecule is C[S+]([O-])n1c(-c2ccccn2)nc2ncccc21. The van der Waals surface area contributed by atoms with Crippen LogP contribution in [0, 0.1) is 0 Å². The van der Waals surface area contributed by atoms with E-state index in [1.807, 2.05) is 24.3 Å². The lowest BCUT2D eigenvalue weighted by molar-refractivity contribution is 0.594. The van der Waals surface area contributed by atoms with Crippen LogP contribution in [0.1, 0.15) is 0 Å². The predicted octanol–water partition coefficient (Wildman–Crippen LogP) is 1.63. The summed E-state index contributed by atoms with van der Waals surface area (Å²) in [6, 6.07) is 9.19. The summed E-state index contributed by atoms with van der Waals surface area (Å²) in [5.74, 6) is 0.574. The molecule has 0 bridgehead atoms. The minimum Gasteiger partial charge on any atom is -0.593 e. The van der Waals surface area contributed by atoms with Crippen LogP contribution in [-0.4, -0.2) is 29.7 Å². The number of hydrogen-bond acceptors (Lipinski definition) is 4. The molecule has 0 aliphatic carbocycles. The molecule has 1 atom stereocenters. The van der Waals surface area contributed by atoms with Gasteiger partial charge in [-0.15, -0.1) is 3.97 Å². The third kappa shape index (κ3) is 1.75. The summed E-state index contributed by atoms with van der Waals surface area (Å²) >= 11 is -1.21. The molecule has 1 unspecified atom stereocenters. The van der Waals surface area contributed by atoms with Crippen LogP contribution >= 0.6 is 0 Å². The molecule has 0 spiro atoms. The quantitative estimate of drug-likeness (QED) is 0.655. The molecule has 0 amide bonds. The first-order valence-corrected chi connectivity index (χ1v) is 6.87. The van der Waals surface area contributed by atoms with Crippen molar-refractivity contribution in [3.05, 3.63) is 42.7 Å². The van der Waals surface area contributed by atoms with E-state index >= 15 is 0 Å². The van der Waals surface area contributed by atoms with Gasteiger partial charge in [0.2, 0.25) is 5.82 Å². The van der Waals surface area contributed by atoms with Crippen molar-refractivity contribution in [3.8, 4) is 11.5 Å². The van der Waals surface area contributed by atoms with E-state index in [4.69, 9.17) is 0 Å². The average Bonchev–Trinajstić information content (AvgIpc) is 2.79. The van der Waals surface area contributed by atoms with E-state index in [-0.39, 0.29) is 0 Å². The molecule has 3 aromatic heterocycles. The Hall–Kier alpha value is -1.92. The lowest BCUT2D eigenvalue weighted by Gasteiger charge is -2.08. The van der Waals surface area contributed by atoms with Crippen molar-refractivity contribution >= 4 is 22.5 Å². The summed E-state index contributed by atoms with van der Waals surface area (Å²) < 4.78 is 13.5. The molecule has 3 aromatic rings. The maximum Gasteiger partial charge on any atom is 0.207 e. The fraction of sp³-hybridized carbons (Fsp3) is 0.0833. The van der Waals surface area contributed by atoms with Gasteiger partial charge in [0.15, 0.2) is 5.65 Å². The Labute approximate surface area is 107 Å². The first-order valence-electron chi connectivity index (χ1n) is 5.36. The number of pyridine rings is 2. The number of fused-ring (bicyclic) bond motifs is 1. The molecule has 90 valence electrons. The molecule has 18 heavy (non-hydrogen) atoms. The van der Waals surface area contributed by atoms with Gasteiger partial charge in [-0.3, -0.25) is 4.98 Å². The molecule has 0 radical (unpaired) electrons. The summed E-state index contributed by atoms with van der Waals surface area (Å²) in [5, 5.41) is 0. The van der Waals surface area contributed by atoms with Crippen LogP contribution in [-0.2, 0) is 11.4 Å². The van der Waals surface area contributed by atoms with Crippen LogP contribution in [0.3, 0.4) is 0 Å². The van der Waals surface area contributed by atoms with Crippen molar-refractivity contribution in [2.45, 2.75) is 0 Å². The minimum absolute atomic E-state index is 0.574. The van der Waals surface area contributed by atoms with E-state index in [0.29, 0.717) is 17.2 Å². The molecule has 0 aliphatic rings.